The predicted octanol–water partition coefficient (Wildman–Crippen LogP) is 3.46. The van der Waals surface area contributed by atoms with Crippen LogP contribution in [-0.2, 0) is 25.7 Å². The van der Waals surface area contributed by atoms with Crippen molar-refractivity contribution in [2.45, 2.75) is 69.3 Å². The van der Waals surface area contributed by atoms with Crippen molar-refractivity contribution in [3.8, 4) is 0 Å². The third kappa shape index (κ3) is 3.55. The van der Waals surface area contributed by atoms with Crippen molar-refractivity contribution in [2.75, 3.05) is 0 Å². The molecule has 3 rings (SSSR count). The zero-order valence-corrected chi connectivity index (χ0v) is 18.2. The molecule has 6 nitrogen and oxygen atoms in total. The maximum absolute atomic E-state index is 13.1. The number of nitrogens with zero attached hydrogens (tertiary/aromatic N) is 2. The van der Waals surface area contributed by atoms with Gasteiger partial charge in [-0.15, -0.1) is 11.8 Å². The largest absolute Gasteiger partial charge is 0.459 e. The number of β-lactam (4-membered cyclic amide) rings is 1. The van der Waals surface area contributed by atoms with Crippen molar-refractivity contribution in [1.82, 2.24) is 4.90 Å². The van der Waals surface area contributed by atoms with Gasteiger partial charge in [0.25, 0.3) is 0 Å². The topological polar surface area (TPSA) is 68.0 Å². The lowest BCUT2D eigenvalue weighted by atomic mass is 9.76. The number of esters is 1. The number of ether oxygens (including phenoxy) is 1. The van der Waals surface area contributed by atoms with Gasteiger partial charge in [0.15, 0.2) is 5.37 Å². The zero-order chi connectivity index (χ0) is 21.6. The Morgan fingerprint density at radius 3 is 2.41 bits per heavy atom. The molecule has 2 aliphatic rings. The Balaban J connectivity index is 1.79. The number of amides is 1. The molecule has 154 valence electrons. The maximum atomic E-state index is 13.1. The molecule has 2 aliphatic heterocycles. The second-order valence-electron chi connectivity index (χ2n) is 9.17. The minimum atomic E-state index is -1.43. The molecule has 0 spiro atoms. The van der Waals surface area contributed by atoms with Crippen LogP contribution in [0.15, 0.2) is 30.3 Å². The van der Waals surface area contributed by atoms with E-state index in [0.29, 0.717) is 0 Å². The highest BCUT2D eigenvalue weighted by Crippen LogP contribution is 2.58. The average Bonchev–Trinajstić information content (AvgIpc) is 2.92. The van der Waals surface area contributed by atoms with Crippen LogP contribution in [0.2, 0.25) is 0 Å². The highest BCUT2D eigenvalue weighted by molar-refractivity contribution is 8.01. The number of Topliss-reactive ketones (excluding diaryl/α,β-unsaturated/α-hetero) is 1. The Morgan fingerprint density at radius 1 is 1.24 bits per heavy atom. The number of thioether (sulfide) groups is 1. The minimum Gasteiger partial charge on any atom is -0.459 e. The van der Waals surface area contributed by atoms with E-state index in [-0.39, 0.29) is 18.8 Å². The molecule has 0 N–H and O–H groups in total. The van der Waals surface area contributed by atoms with E-state index in [2.05, 4.69) is 4.85 Å². The van der Waals surface area contributed by atoms with Gasteiger partial charge in [-0.2, -0.15) is 0 Å². The van der Waals surface area contributed by atoms with Crippen LogP contribution in [0.25, 0.3) is 4.85 Å². The fourth-order valence-corrected chi connectivity index (χ4v) is 5.39. The molecule has 3 atom stereocenters. The van der Waals surface area contributed by atoms with Gasteiger partial charge in [0, 0.05) is 10.2 Å². The number of hydrogen-bond donors (Lipinski definition) is 0. The van der Waals surface area contributed by atoms with E-state index in [9.17, 15) is 14.4 Å². The predicted molar refractivity (Wildman–Crippen MR) is 111 cm³/mol. The van der Waals surface area contributed by atoms with Gasteiger partial charge in [-0.3, -0.25) is 19.3 Å². The van der Waals surface area contributed by atoms with E-state index < -0.39 is 39.0 Å². The van der Waals surface area contributed by atoms with E-state index >= 15 is 0 Å². The van der Waals surface area contributed by atoms with Crippen LogP contribution >= 0.6 is 11.8 Å². The van der Waals surface area contributed by atoms with Gasteiger partial charge in [-0.05, 0) is 19.4 Å². The van der Waals surface area contributed by atoms with Gasteiger partial charge in [-0.25, -0.2) is 11.4 Å². The first kappa shape index (κ1) is 21.4. The van der Waals surface area contributed by atoms with Crippen molar-refractivity contribution in [3.63, 3.8) is 0 Å². The molecule has 7 heteroatoms. The number of fused-ring (bicyclic) bond motifs is 1. The first-order valence-corrected chi connectivity index (χ1v) is 10.4. The third-order valence-electron chi connectivity index (χ3n) is 5.53. The summed E-state index contributed by atoms with van der Waals surface area (Å²) >= 11 is 1.40. The summed E-state index contributed by atoms with van der Waals surface area (Å²) in [5.74, 6) is -1.06. The average molecular weight is 415 g/mol. The number of carbonyl (C=O) groups excluding carboxylic acids is 3. The number of carbonyl (C=O) groups is 3. The summed E-state index contributed by atoms with van der Waals surface area (Å²) in [5.41, 5.74) is -1.20. The molecule has 0 saturated carbocycles. The number of ketones is 1. The first-order chi connectivity index (χ1) is 13.4. The molecular weight excluding hydrogens is 388 g/mol. The zero-order valence-electron chi connectivity index (χ0n) is 17.4. The summed E-state index contributed by atoms with van der Waals surface area (Å²) in [5, 5.41) is -0.525. The molecule has 0 bridgehead atoms. The molecule has 0 unspecified atom stereocenters. The van der Waals surface area contributed by atoms with Crippen LogP contribution in [0.4, 0.5) is 0 Å². The fourth-order valence-electron chi connectivity index (χ4n) is 3.71. The van der Waals surface area contributed by atoms with Crippen LogP contribution < -0.4 is 0 Å². The molecule has 1 aromatic carbocycles. The van der Waals surface area contributed by atoms with Crippen molar-refractivity contribution >= 4 is 29.4 Å². The molecule has 2 fully saturated rings. The first-order valence-electron chi connectivity index (χ1n) is 9.57. The van der Waals surface area contributed by atoms with Gasteiger partial charge in [-0.1, -0.05) is 51.1 Å². The monoisotopic (exact) mass is 414 g/mol. The van der Waals surface area contributed by atoms with Crippen LogP contribution in [0, 0.1) is 12.0 Å². The Morgan fingerprint density at radius 2 is 1.86 bits per heavy atom. The van der Waals surface area contributed by atoms with E-state index in [1.54, 1.807) is 20.8 Å². The summed E-state index contributed by atoms with van der Waals surface area (Å²) in [6.45, 7) is 16.9. The number of rotatable bonds is 5. The van der Waals surface area contributed by atoms with Gasteiger partial charge < -0.3 is 4.74 Å². The Kier molecular flexibility index (Phi) is 5.29. The van der Waals surface area contributed by atoms with Gasteiger partial charge in [0.2, 0.25) is 0 Å². The van der Waals surface area contributed by atoms with Crippen molar-refractivity contribution in [3.05, 3.63) is 47.3 Å². The van der Waals surface area contributed by atoms with E-state index in [4.69, 9.17) is 11.3 Å². The smallest absolute Gasteiger partial charge is 0.344 e. The summed E-state index contributed by atoms with van der Waals surface area (Å²) in [6.07, 6.45) is -0.130. The number of hydrogen-bond acceptors (Lipinski definition) is 5. The molecule has 1 aromatic rings. The summed E-state index contributed by atoms with van der Waals surface area (Å²) in [7, 11) is 0. The van der Waals surface area contributed by atoms with Gasteiger partial charge >= 0.3 is 17.4 Å². The van der Waals surface area contributed by atoms with Crippen LogP contribution in [-0.4, -0.2) is 44.3 Å². The highest BCUT2D eigenvalue weighted by atomic mass is 32.2. The standard InChI is InChI=1S/C22H26N2O4S/c1-20(2,3)15(25)12-22(23-6)18(27)24-16(21(4,5)29-19(22)24)17(26)28-13-14-10-8-7-9-11-14/h7-11,16,19H,12-13H2,1-5H3/t16-,19+,22+/m0/s1. The summed E-state index contributed by atoms with van der Waals surface area (Å²) in [4.78, 5) is 43.6. The second-order valence-corrected chi connectivity index (χ2v) is 10.9. The van der Waals surface area contributed by atoms with Crippen molar-refractivity contribution in [2.24, 2.45) is 5.41 Å². The Labute approximate surface area is 175 Å². The lowest BCUT2D eigenvalue weighted by Crippen LogP contribution is -2.72. The SMILES string of the molecule is [C-]#[N+][C@]1(CC(=O)C(C)(C)C)C(=O)N2[C@@H](C(=O)OCc3ccccc3)C(C)(C)S[C@@H]21. The Hall–Kier alpha value is -2.33. The quantitative estimate of drug-likeness (QED) is 0.419. The second kappa shape index (κ2) is 7.17. The molecule has 0 radical (unpaired) electrons. The number of benzene rings is 1. The molecule has 2 saturated heterocycles. The third-order valence-corrected chi connectivity index (χ3v) is 7.20. The lowest BCUT2D eigenvalue weighted by Gasteiger charge is -2.45. The molecule has 2 heterocycles. The van der Waals surface area contributed by atoms with Crippen molar-refractivity contribution < 1.29 is 19.1 Å². The Bertz CT molecular complexity index is 884. The summed E-state index contributed by atoms with van der Waals surface area (Å²) in [6, 6.07) is 8.55. The van der Waals surface area contributed by atoms with E-state index in [0.717, 1.165) is 5.56 Å². The molecule has 29 heavy (non-hydrogen) atoms. The molecular formula is C22H26N2O4S. The highest BCUT2D eigenvalue weighted by Gasteiger charge is 2.77. The lowest BCUT2D eigenvalue weighted by molar-refractivity contribution is -0.168. The fraction of sp³-hybridized carbons (Fsp3) is 0.545. The normalized spacial score (nSPS) is 27.6. The van der Waals surface area contributed by atoms with Crippen molar-refractivity contribution in [1.29, 1.82) is 0 Å². The molecule has 1 amide bonds. The molecule has 0 aliphatic carbocycles. The van der Waals surface area contributed by atoms with Crippen LogP contribution in [0.1, 0.15) is 46.6 Å². The molecule has 0 aromatic heterocycles. The summed E-state index contributed by atoms with van der Waals surface area (Å²) < 4.78 is 4.88. The van der Waals surface area contributed by atoms with Gasteiger partial charge in [0.1, 0.15) is 18.4 Å². The van der Waals surface area contributed by atoms with Crippen LogP contribution in [0.3, 0.4) is 0 Å². The van der Waals surface area contributed by atoms with Gasteiger partial charge in [0.05, 0.1) is 6.42 Å². The van der Waals surface area contributed by atoms with E-state index in [1.165, 1.54) is 16.7 Å². The minimum absolute atomic E-state index is 0.125. The maximum Gasteiger partial charge on any atom is 0.344 e. The van der Waals surface area contributed by atoms with E-state index in [1.807, 2.05) is 44.2 Å². The van der Waals surface area contributed by atoms with Crippen LogP contribution in [0.5, 0.6) is 0 Å².